The van der Waals surface area contributed by atoms with Gasteiger partial charge in [0.2, 0.25) is 0 Å². The highest BCUT2D eigenvalue weighted by Crippen LogP contribution is 2.10. The van der Waals surface area contributed by atoms with Gasteiger partial charge < -0.3 is 15.5 Å². The maximum absolute atomic E-state index is 9.56. The summed E-state index contributed by atoms with van der Waals surface area (Å²) in [6.45, 7) is 6.24. The topological polar surface area (TPSA) is 52.5 Å². The van der Waals surface area contributed by atoms with Gasteiger partial charge in [0.1, 0.15) is 0 Å². The molecular weight excluding hydrogens is 202 g/mol. The number of benzene rings is 1. The summed E-state index contributed by atoms with van der Waals surface area (Å²) in [5.41, 5.74) is 0.977. The summed E-state index contributed by atoms with van der Waals surface area (Å²) in [5, 5.41) is 21.5. The normalized spacial score (nSPS) is 14.4. The van der Waals surface area contributed by atoms with Crippen molar-refractivity contribution >= 4 is 5.57 Å². The van der Waals surface area contributed by atoms with Crippen molar-refractivity contribution in [2.45, 2.75) is 12.5 Å². The van der Waals surface area contributed by atoms with Crippen LogP contribution >= 0.6 is 0 Å². The van der Waals surface area contributed by atoms with Crippen LogP contribution in [0.25, 0.3) is 5.57 Å². The molecule has 1 rings (SSSR count). The third kappa shape index (κ3) is 4.14. The molecule has 0 amide bonds. The first-order valence-corrected chi connectivity index (χ1v) is 5.32. The van der Waals surface area contributed by atoms with Crippen LogP contribution in [0.2, 0.25) is 0 Å². The minimum Gasteiger partial charge on any atom is -0.393 e. The average molecular weight is 221 g/mol. The number of hydrogen-bond donors (Lipinski definition) is 3. The van der Waals surface area contributed by atoms with Crippen molar-refractivity contribution < 1.29 is 10.2 Å². The molecule has 88 valence electrons. The van der Waals surface area contributed by atoms with Crippen molar-refractivity contribution in [3.05, 3.63) is 42.5 Å². The van der Waals surface area contributed by atoms with E-state index in [2.05, 4.69) is 11.9 Å². The van der Waals surface area contributed by atoms with Crippen molar-refractivity contribution in [1.82, 2.24) is 5.32 Å². The molecule has 0 radical (unpaired) electrons. The Labute approximate surface area is 96.4 Å². The number of nitrogens with one attached hydrogen (secondary N) is 1. The van der Waals surface area contributed by atoms with E-state index in [9.17, 15) is 5.11 Å². The Morgan fingerprint density at radius 3 is 2.56 bits per heavy atom. The molecule has 16 heavy (non-hydrogen) atoms. The average Bonchev–Trinajstić information content (AvgIpc) is 2.30. The van der Waals surface area contributed by atoms with Crippen molar-refractivity contribution in [1.29, 1.82) is 0 Å². The zero-order valence-corrected chi connectivity index (χ0v) is 9.61. The quantitative estimate of drug-likeness (QED) is 0.672. The zero-order chi connectivity index (χ0) is 12.0. The second kappa shape index (κ2) is 5.80. The molecule has 3 N–H and O–H groups in total. The molecule has 0 aliphatic heterocycles. The fraction of sp³-hybridized carbons (Fsp3) is 0.385. The second-order valence-corrected chi connectivity index (χ2v) is 4.23. The molecule has 1 atom stereocenters. The molecule has 0 aliphatic carbocycles. The second-order valence-electron chi connectivity index (χ2n) is 4.23. The van der Waals surface area contributed by atoms with Gasteiger partial charge in [-0.05, 0) is 18.1 Å². The van der Waals surface area contributed by atoms with Crippen LogP contribution in [0.3, 0.4) is 0 Å². The van der Waals surface area contributed by atoms with E-state index in [-0.39, 0.29) is 6.61 Å². The van der Waals surface area contributed by atoms with E-state index >= 15 is 0 Å². The maximum atomic E-state index is 9.56. The van der Waals surface area contributed by atoms with E-state index in [4.69, 9.17) is 5.11 Å². The van der Waals surface area contributed by atoms with E-state index in [0.29, 0.717) is 13.1 Å². The predicted molar refractivity (Wildman–Crippen MR) is 66.1 cm³/mol. The molecule has 0 aromatic heterocycles. The van der Waals surface area contributed by atoms with Crippen LogP contribution in [0.1, 0.15) is 12.5 Å². The van der Waals surface area contributed by atoms with Gasteiger partial charge in [0, 0.05) is 13.1 Å². The van der Waals surface area contributed by atoms with Crippen molar-refractivity contribution in [3.63, 3.8) is 0 Å². The van der Waals surface area contributed by atoms with Crippen molar-refractivity contribution in [2.24, 2.45) is 0 Å². The standard InChI is InChI=1S/C13H19NO2/c1-11(12-6-4-3-5-7-12)8-14-9-13(2,16)10-15/h3-7,14-16H,1,8-10H2,2H3. The monoisotopic (exact) mass is 221 g/mol. The molecule has 0 spiro atoms. The Kier molecular flexibility index (Phi) is 4.68. The van der Waals surface area contributed by atoms with Crippen LogP contribution in [0, 0.1) is 0 Å². The van der Waals surface area contributed by atoms with Crippen LogP contribution in [0.5, 0.6) is 0 Å². The molecule has 0 saturated carbocycles. The summed E-state index contributed by atoms with van der Waals surface area (Å²) in [7, 11) is 0. The highest BCUT2D eigenvalue weighted by atomic mass is 16.3. The molecule has 1 unspecified atom stereocenters. The maximum Gasteiger partial charge on any atom is 0.0972 e. The van der Waals surface area contributed by atoms with Crippen LogP contribution in [-0.4, -0.2) is 35.5 Å². The molecule has 3 heteroatoms. The highest BCUT2D eigenvalue weighted by molar-refractivity contribution is 5.64. The van der Waals surface area contributed by atoms with E-state index < -0.39 is 5.60 Å². The van der Waals surface area contributed by atoms with Gasteiger partial charge in [-0.2, -0.15) is 0 Å². The van der Waals surface area contributed by atoms with E-state index in [1.165, 1.54) is 0 Å². The molecule has 1 aromatic carbocycles. The molecular formula is C13H19NO2. The van der Waals surface area contributed by atoms with Crippen LogP contribution in [0.4, 0.5) is 0 Å². The molecule has 0 fully saturated rings. The first-order valence-electron chi connectivity index (χ1n) is 5.32. The minimum atomic E-state index is -1.07. The lowest BCUT2D eigenvalue weighted by Gasteiger charge is -2.21. The lowest BCUT2D eigenvalue weighted by atomic mass is 10.1. The SMILES string of the molecule is C=C(CNCC(C)(O)CO)c1ccccc1. The Bertz CT molecular complexity index is 333. The molecule has 0 saturated heterocycles. The van der Waals surface area contributed by atoms with Crippen LogP contribution < -0.4 is 5.32 Å². The molecule has 0 aliphatic rings. The van der Waals surface area contributed by atoms with Crippen molar-refractivity contribution in [2.75, 3.05) is 19.7 Å². The molecule has 0 bridgehead atoms. The molecule has 1 aromatic rings. The van der Waals surface area contributed by atoms with Crippen molar-refractivity contribution in [3.8, 4) is 0 Å². The Morgan fingerprint density at radius 2 is 2.00 bits per heavy atom. The number of aliphatic hydroxyl groups excluding tert-OH is 1. The van der Waals surface area contributed by atoms with Gasteiger partial charge in [-0.15, -0.1) is 0 Å². The third-order valence-electron chi connectivity index (χ3n) is 2.37. The summed E-state index contributed by atoms with van der Waals surface area (Å²) in [6, 6.07) is 9.87. The van der Waals surface area contributed by atoms with Gasteiger partial charge in [0.15, 0.2) is 0 Å². The summed E-state index contributed by atoms with van der Waals surface area (Å²) in [4.78, 5) is 0. The summed E-state index contributed by atoms with van der Waals surface area (Å²) in [6.07, 6.45) is 0. The largest absolute Gasteiger partial charge is 0.393 e. The fourth-order valence-corrected chi connectivity index (χ4v) is 1.31. The van der Waals surface area contributed by atoms with Gasteiger partial charge in [0.25, 0.3) is 0 Å². The number of aliphatic hydroxyl groups is 2. The molecule has 0 heterocycles. The third-order valence-corrected chi connectivity index (χ3v) is 2.37. The summed E-state index contributed by atoms with van der Waals surface area (Å²) < 4.78 is 0. The predicted octanol–water partition coefficient (Wildman–Crippen LogP) is 1.03. The summed E-state index contributed by atoms with van der Waals surface area (Å²) in [5.74, 6) is 0. The molecule has 3 nitrogen and oxygen atoms in total. The Hall–Kier alpha value is -1.16. The van der Waals surface area contributed by atoms with Gasteiger partial charge in [-0.1, -0.05) is 36.9 Å². The number of hydrogen-bond acceptors (Lipinski definition) is 3. The Balaban J connectivity index is 2.37. The first kappa shape index (κ1) is 12.9. The fourth-order valence-electron chi connectivity index (χ4n) is 1.31. The van der Waals surface area contributed by atoms with E-state index in [1.54, 1.807) is 6.92 Å². The van der Waals surface area contributed by atoms with Gasteiger partial charge in [-0.25, -0.2) is 0 Å². The van der Waals surface area contributed by atoms with Gasteiger partial charge in [0.05, 0.1) is 12.2 Å². The lowest BCUT2D eigenvalue weighted by molar-refractivity contribution is 0.00360. The van der Waals surface area contributed by atoms with Crippen LogP contribution in [0.15, 0.2) is 36.9 Å². The number of rotatable bonds is 6. The van der Waals surface area contributed by atoms with Crippen LogP contribution in [-0.2, 0) is 0 Å². The van der Waals surface area contributed by atoms with Gasteiger partial charge in [-0.3, -0.25) is 0 Å². The minimum absolute atomic E-state index is 0.252. The van der Waals surface area contributed by atoms with E-state index in [0.717, 1.165) is 11.1 Å². The highest BCUT2D eigenvalue weighted by Gasteiger charge is 2.17. The smallest absolute Gasteiger partial charge is 0.0972 e. The first-order chi connectivity index (χ1) is 7.55. The zero-order valence-electron chi connectivity index (χ0n) is 9.61. The lowest BCUT2D eigenvalue weighted by Crippen LogP contribution is -2.41. The Morgan fingerprint density at radius 1 is 1.38 bits per heavy atom. The summed E-state index contributed by atoms with van der Waals surface area (Å²) >= 11 is 0. The van der Waals surface area contributed by atoms with E-state index in [1.807, 2.05) is 30.3 Å². The van der Waals surface area contributed by atoms with Gasteiger partial charge >= 0.3 is 0 Å².